The van der Waals surface area contributed by atoms with Crippen molar-refractivity contribution in [3.63, 3.8) is 0 Å². The van der Waals surface area contributed by atoms with Crippen LogP contribution in [0.25, 0.3) is 0 Å². The van der Waals surface area contributed by atoms with Gasteiger partial charge in [-0.25, -0.2) is 8.78 Å². The molecule has 2 atom stereocenters. The summed E-state index contributed by atoms with van der Waals surface area (Å²) >= 11 is 0. The van der Waals surface area contributed by atoms with Crippen molar-refractivity contribution in [2.24, 2.45) is 5.92 Å². The van der Waals surface area contributed by atoms with E-state index in [0.29, 0.717) is 6.42 Å². The predicted octanol–water partition coefficient (Wildman–Crippen LogP) is 4.81. The first-order valence-corrected chi connectivity index (χ1v) is 8.26. The lowest BCUT2D eigenvalue weighted by Crippen LogP contribution is -2.42. The van der Waals surface area contributed by atoms with Gasteiger partial charge in [0, 0.05) is 18.9 Å². The summed E-state index contributed by atoms with van der Waals surface area (Å²) in [5.41, 5.74) is 1.29. The molecule has 0 bridgehead atoms. The van der Waals surface area contributed by atoms with Crippen LogP contribution >= 0.6 is 0 Å². The normalized spacial score (nSPS) is 22.9. The van der Waals surface area contributed by atoms with Gasteiger partial charge in [-0.05, 0) is 50.1 Å². The van der Waals surface area contributed by atoms with Crippen molar-refractivity contribution in [1.82, 2.24) is 5.32 Å². The first kappa shape index (κ1) is 16.4. The maximum absolute atomic E-state index is 13.7. The molecular weight excluding hydrogens is 268 g/mol. The lowest BCUT2D eigenvalue weighted by atomic mass is 9.80. The second-order valence-electron chi connectivity index (χ2n) is 6.30. The standard InChI is InChI=1S/C18H27F2N/c1-2-13-21-17(11-10-15-7-4-3-5-8-15)16-9-6-12-18(19,20)14-16/h3-5,7-8,16-17,21H,2,6,9-14H2,1H3/t16?,17-/m0/s1. The molecule has 1 nitrogen and oxygen atoms in total. The van der Waals surface area contributed by atoms with Crippen molar-refractivity contribution < 1.29 is 8.78 Å². The molecule has 1 aromatic carbocycles. The van der Waals surface area contributed by atoms with Gasteiger partial charge in [0.2, 0.25) is 5.92 Å². The minimum atomic E-state index is -2.46. The largest absolute Gasteiger partial charge is 0.314 e. The first-order valence-electron chi connectivity index (χ1n) is 8.26. The number of rotatable bonds is 7. The molecule has 0 amide bonds. The summed E-state index contributed by atoms with van der Waals surface area (Å²) in [7, 11) is 0. The monoisotopic (exact) mass is 295 g/mol. The molecule has 0 saturated heterocycles. The molecule has 21 heavy (non-hydrogen) atoms. The minimum absolute atomic E-state index is 0.0587. The number of benzene rings is 1. The van der Waals surface area contributed by atoms with E-state index in [4.69, 9.17) is 0 Å². The average Bonchev–Trinajstić information content (AvgIpc) is 2.47. The fraction of sp³-hybridized carbons (Fsp3) is 0.667. The fourth-order valence-corrected chi connectivity index (χ4v) is 3.36. The van der Waals surface area contributed by atoms with Gasteiger partial charge in [0.1, 0.15) is 0 Å². The summed E-state index contributed by atoms with van der Waals surface area (Å²) in [5.74, 6) is -2.34. The lowest BCUT2D eigenvalue weighted by Gasteiger charge is -2.35. The lowest BCUT2D eigenvalue weighted by molar-refractivity contribution is -0.0585. The van der Waals surface area contributed by atoms with Gasteiger partial charge in [-0.2, -0.15) is 0 Å². The number of hydrogen-bond donors (Lipinski definition) is 1. The summed E-state index contributed by atoms with van der Waals surface area (Å²) < 4.78 is 27.3. The molecule has 1 N–H and O–H groups in total. The minimum Gasteiger partial charge on any atom is -0.314 e. The van der Waals surface area contributed by atoms with Crippen molar-refractivity contribution in [1.29, 1.82) is 0 Å². The number of hydrogen-bond acceptors (Lipinski definition) is 1. The number of alkyl halides is 2. The van der Waals surface area contributed by atoms with Crippen molar-refractivity contribution >= 4 is 0 Å². The molecule has 1 aliphatic rings. The van der Waals surface area contributed by atoms with E-state index < -0.39 is 5.92 Å². The van der Waals surface area contributed by atoms with E-state index in [9.17, 15) is 8.78 Å². The van der Waals surface area contributed by atoms with E-state index in [2.05, 4.69) is 24.4 Å². The smallest absolute Gasteiger partial charge is 0.248 e. The number of aryl methyl sites for hydroxylation is 1. The molecule has 1 fully saturated rings. The zero-order chi connectivity index (χ0) is 15.1. The van der Waals surface area contributed by atoms with Gasteiger partial charge >= 0.3 is 0 Å². The quantitative estimate of drug-likeness (QED) is 0.761. The molecule has 0 aromatic heterocycles. The van der Waals surface area contributed by atoms with E-state index in [0.717, 1.165) is 32.2 Å². The van der Waals surface area contributed by atoms with Gasteiger partial charge < -0.3 is 5.32 Å². The topological polar surface area (TPSA) is 12.0 Å². The van der Waals surface area contributed by atoms with Crippen molar-refractivity contribution in [2.45, 2.75) is 63.8 Å². The van der Waals surface area contributed by atoms with Gasteiger partial charge in [0.15, 0.2) is 0 Å². The Morgan fingerprint density at radius 2 is 2.05 bits per heavy atom. The van der Waals surface area contributed by atoms with Crippen LogP contribution in [-0.2, 0) is 6.42 Å². The highest BCUT2D eigenvalue weighted by molar-refractivity contribution is 5.14. The van der Waals surface area contributed by atoms with Crippen LogP contribution in [0, 0.1) is 5.92 Å². The highest BCUT2D eigenvalue weighted by Crippen LogP contribution is 2.38. The van der Waals surface area contributed by atoms with E-state index in [1.165, 1.54) is 5.56 Å². The molecule has 1 saturated carbocycles. The van der Waals surface area contributed by atoms with Gasteiger partial charge in [-0.3, -0.25) is 0 Å². The zero-order valence-electron chi connectivity index (χ0n) is 13.0. The van der Waals surface area contributed by atoms with Gasteiger partial charge in [0.05, 0.1) is 0 Å². The van der Waals surface area contributed by atoms with Crippen LogP contribution in [0.2, 0.25) is 0 Å². The van der Waals surface area contributed by atoms with Crippen molar-refractivity contribution in [3.8, 4) is 0 Å². The predicted molar refractivity (Wildman–Crippen MR) is 83.7 cm³/mol. The molecule has 2 rings (SSSR count). The number of halogens is 2. The Bertz CT molecular complexity index is 405. The van der Waals surface area contributed by atoms with Gasteiger partial charge in [-0.1, -0.05) is 37.3 Å². The van der Waals surface area contributed by atoms with Crippen LogP contribution in [-0.4, -0.2) is 18.5 Å². The molecular formula is C18H27F2N. The molecule has 3 heteroatoms. The molecule has 0 spiro atoms. The summed E-state index contributed by atoms with van der Waals surface area (Å²) in [4.78, 5) is 0. The van der Waals surface area contributed by atoms with Gasteiger partial charge in [0.25, 0.3) is 0 Å². The van der Waals surface area contributed by atoms with Crippen LogP contribution in [0.15, 0.2) is 30.3 Å². The molecule has 1 unspecified atom stereocenters. The summed E-state index contributed by atoms with van der Waals surface area (Å²) in [5, 5.41) is 3.51. The Labute approximate surface area is 127 Å². The first-order chi connectivity index (χ1) is 10.1. The van der Waals surface area contributed by atoms with E-state index >= 15 is 0 Å². The van der Waals surface area contributed by atoms with E-state index in [-0.39, 0.29) is 24.8 Å². The Kier molecular flexibility index (Phi) is 6.16. The van der Waals surface area contributed by atoms with Crippen molar-refractivity contribution in [2.75, 3.05) is 6.54 Å². The van der Waals surface area contributed by atoms with E-state index in [1.807, 2.05) is 18.2 Å². The zero-order valence-corrected chi connectivity index (χ0v) is 13.0. The second-order valence-corrected chi connectivity index (χ2v) is 6.30. The van der Waals surface area contributed by atoms with Crippen LogP contribution in [0.1, 0.15) is 51.0 Å². The summed E-state index contributed by atoms with van der Waals surface area (Å²) in [6.45, 7) is 3.04. The molecule has 0 aliphatic heterocycles. The average molecular weight is 295 g/mol. The highest BCUT2D eigenvalue weighted by Gasteiger charge is 2.38. The third kappa shape index (κ3) is 5.39. The Morgan fingerprint density at radius 1 is 1.29 bits per heavy atom. The third-order valence-electron chi connectivity index (χ3n) is 4.49. The van der Waals surface area contributed by atoms with Crippen LogP contribution in [0.3, 0.4) is 0 Å². The van der Waals surface area contributed by atoms with Gasteiger partial charge in [-0.15, -0.1) is 0 Å². The highest BCUT2D eigenvalue weighted by atomic mass is 19.3. The summed E-state index contributed by atoms with van der Waals surface area (Å²) in [6.07, 6.45) is 4.69. The summed E-state index contributed by atoms with van der Waals surface area (Å²) in [6, 6.07) is 10.5. The van der Waals surface area contributed by atoms with Crippen LogP contribution in [0.5, 0.6) is 0 Å². The maximum atomic E-state index is 13.7. The molecule has 0 radical (unpaired) electrons. The third-order valence-corrected chi connectivity index (χ3v) is 4.49. The Hall–Kier alpha value is -0.960. The van der Waals surface area contributed by atoms with Crippen LogP contribution in [0.4, 0.5) is 8.78 Å². The maximum Gasteiger partial charge on any atom is 0.248 e. The Balaban J connectivity index is 1.93. The molecule has 118 valence electrons. The van der Waals surface area contributed by atoms with E-state index in [1.54, 1.807) is 0 Å². The Morgan fingerprint density at radius 3 is 2.71 bits per heavy atom. The number of nitrogens with one attached hydrogen (secondary N) is 1. The molecule has 0 heterocycles. The molecule has 1 aliphatic carbocycles. The SMILES string of the molecule is CCCN[C@@H](CCc1ccccc1)C1CCCC(F)(F)C1. The molecule has 1 aromatic rings. The fourth-order valence-electron chi connectivity index (χ4n) is 3.36. The second kappa shape index (κ2) is 7.88. The van der Waals surface area contributed by atoms with Crippen LogP contribution < -0.4 is 5.32 Å². The van der Waals surface area contributed by atoms with Crippen molar-refractivity contribution in [3.05, 3.63) is 35.9 Å².